The number of benzene rings is 1. The van der Waals surface area contributed by atoms with E-state index in [0.29, 0.717) is 5.56 Å². The zero-order valence-electron chi connectivity index (χ0n) is 14.4. The van der Waals surface area contributed by atoms with Crippen molar-refractivity contribution in [2.45, 2.75) is 26.3 Å². The SMILES string of the molecule is CCc1ccc(C(C)NC(=O)c2ccc(-c3cccnc3)nc2)cc1. The van der Waals surface area contributed by atoms with E-state index in [1.165, 1.54) is 5.56 Å². The second-order valence-electron chi connectivity index (χ2n) is 5.96. The van der Waals surface area contributed by atoms with Crippen molar-refractivity contribution in [3.05, 3.63) is 83.8 Å². The summed E-state index contributed by atoms with van der Waals surface area (Å²) in [4.78, 5) is 20.9. The van der Waals surface area contributed by atoms with E-state index in [1.54, 1.807) is 24.7 Å². The number of nitrogens with zero attached hydrogens (tertiary/aromatic N) is 2. The Balaban J connectivity index is 1.68. The topological polar surface area (TPSA) is 54.9 Å². The lowest BCUT2D eigenvalue weighted by Gasteiger charge is -2.15. The van der Waals surface area contributed by atoms with Crippen molar-refractivity contribution >= 4 is 5.91 Å². The van der Waals surface area contributed by atoms with E-state index in [0.717, 1.165) is 23.2 Å². The summed E-state index contributed by atoms with van der Waals surface area (Å²) in [6, 6.07) is 15.7. The molecule has 126 valence electrons. The molecular formula is C21H21N3O. The highest BCUT2D eigenvalue weighted by atomic mass is 16.1. The highest BCUT2D eigenvalue weighted by Crippen LogP contribution is 2.17. The number of amides is 1. The van der Waals surface area contributed by atoms with Crippen LogP contribution in [-0.2, 0) is 6.42 Å². The lowest BCUT2D eigenvalue weighted by molar-refractivity contribution is 0.0939. The molecule has 0 fully saturated rings. The summed E-state index contributed by atoms with van der Waals surface area (Å²) in [5.74, 6) is -0.127. The summed E-state index contributed by atoms with van der Waals surface area (Å²) in [5.41, 5.74) is 4.65. The van der Waals surface area contributed by atoms with E-state index in [9.17, 15) is 4.79 Å². The number of carbonyl (C=O) groups is 1. The number of hydrogen-bond donors (Lipinski definition) is 1. The third-order valence-electron chi connectivity index (χ3n) is 4.22. The average molecular weight is 331 g/mol. The van der Waals surface area contributed by atoms with Crippen molar-refractivity contribution in [3.63, 3.8) is 0 Å². The van der Waals surface area contributed by atoms with Crippen LogP contribution in [0.4, 0.5) is 0 Å². The zero-order valence-corrected chi connectivity index (χ0v) is 14.4. The van der Waals surface area contributed by atoms with Crippen LogP contribution in [-0.4, -0.2) is 15.9 Å². The second-order valence-corrected chi connectivity index (χ2v) is 5.96. The fourth-order valence-corrected chi connectivity index (χ4v) is 2.62. The summed E-state index contributed by atoms with van der Waals surface area (Å²) < 4.78 is 0. The van der Waals surface area contributed by atoms with Crippen molar-refractivity contribution in [1.82, 2.24) is 15.3 Å². The molecule has 2 heterocycles. The van der Waals surface area contributed by atoms with Gasteiger partial charge < -0.3 is 5.32 Å². The number of hydrogen-bond acceptors (Lipinski definition) is 3. The molecule has 3 aromatic rings. The van der Waals surface area contributed by atoms with Gasteiger partial charge in [0.1, 0.15) is 0 Å². The molecule has 3 rings (SSSR count). The monoisotopic (exact) mass is 331 g/mol. The lowest BCUT2D eigenvalue weighted by atomic mass is 10.0. The van der Waals surface area contributed by atoms with Gasteiger partial charge in [0.2, 0.25) is 0 Å². The summed E-state index contributed by atoms with van der Waals surface area (Å²) in [6.45, 7) is 4.11. The van der Waals surface area contributed by atoms with Crippen LogP contribution in [0, 0.1) is 0 Å². The first-order valence-electron chi connectivity index (χ1n) is 8.43. The Hall–Kier alpha value is -3.01. The van der Waals surface area contributed by atoms with Gasteiger partial charge in [0.25, 0.3) is 5.91 Å². The van der Waals surface area contributed by atoms with E-state index in [4.69, 9.17) is 0 Å². The highest BCUT2D eigenvalue weighted by molar-refractivity contribution is 5.94. The molecule has 0 aliphatic heterocycles. The largest absolute Gasteiger partial charge is 0.345 e. The van der Waals surface area contributed by atoms with Crippen LogP contribution < -0.4 is 5.32 Å². The number of aryl methyl sites for hydroxylation is 1. The molecule has 1 amide bonds. The molecule has 0 saturated carbocycles. The third kappa shape index (κ3) is 4.10. The van der Waals surface area contributed by atoms with Crippen LogP contribution in [0.25, 0.3) is 11.3 Å². The standard InChI is InChI=1S/C21H21N3O/c1-3-16-6-8-17(9-7-16)15(2)24-21(25)19-10-11-20(23-14-19)18-5-4-12-22-13-18/h4-15H,3H2,1-2H3,(H,24,25). The van der Waals surface area contributed by atoms with Crippen LogP contribution in [0.5, 0.6) is 0 Å². The Morgan fingerprint density at radius 2 is 1.88 bits per heavy atom. The van der Waals surface area contributed by atoms with Gasteiger partial charge in [-0.15, -0.1) is 0 Å². The first-order chi connectivity index (χ1) is 12.2. The number of rotatable bonds is 5. The molecule has 1 N–H and O–H groups in total. The maximum Gasteiger partial charge on any atom is 0.253 e. The molecule has 1 atom stereocenters. The van der Waals surface area contributed by atoms with Gasteiger partial charge in [0.15, 0.2) is 0 Å². The number of carbonyl (C=O) groups excluding carboxylic acids is 1. The predicted molar refractivity (Wildman–Crippen MR) is 99.2 cm³/mol. The maximum absolute atomic E-state index is 12.4. The Kier molecular flexibility index (Phi) is 5.19. The van der Waals surface area contributed by atoms with Crippen LogP contribution in [0.3, 0.4) is 0 Å². The minimum absolute atomic E-state index is 0.0589. The molecular weight excluding hydrogens is 310 g/mol. The first kappa shape index (κ1) is 16.8. The summed E-state index contributed by atoms with van der Waals surface area (Å²) in [5, 5.41) is 3.02. The van der Waals surface area contributed by atoms with E-state index in [1.807, 2.05) is 25.1 Å². The van der Waals surface area contributed by atoms with Crippen LogP contribution >= 0.6 is 0 Å². The third-order valence-corrected chi connectivity index (χ3v) is 4.22. The second kappa shape index (κ2) is 7.71. The van der Waals surface area contributed by atoms with Gasteiger partial charge in [-0.05, 0) is 48.7 Å². The van der Waals surface area contributed by atoms with E-state index < -0.39 is 0 Å². The average Bonchev–Trinajstić information content (AvgIpc) is 2.68. The van der Waals surface area contributed by atoms with Gasteiger partial charge in [0, 0.05) is 24.2 Å². The zero-order chi connectivity index (χ0) is 17.6. The van der Waals surface area contributed by atoms with Gasteiger partial charge in [-0.2, -0.15) is 0 Å². The van der Waals surface area contributed by atoms with Gasteiger partial charge in [-0.1, -0.05) is 31.2 Å². The van der Waals surface area contributed by atoms with Crippen molar-refractivity contribution < 1.29 is 4.79 Å². The van der Waals surface area contributed by atoms with Gasteiger partial charge in [-0.3, -0.25) is 14.8 Å². The number of nitrogens with one attached hydrogen (secondary N) is 1. The smallest absolute Gasteiger partial charge is 0.253 e. The van der Waals surface area contributed by atoms with Crippen molar-refractivity contribution in [2.75, 3.05) is 0 Å². The van der Waals surface area contributed by atoms with Crippen LogP contribution in [0.2, 0.25) is 0 Å². The summed E-state index contributed by atoms with van der Waals surface area (Å²) in [6.07, 6.45) is 6.09. The molecule has 1 aromatic carbocycles. The van der Waals surface area contributed by atoms with Gasteiger partial charge in [0.05, 0.1) is 17.3 Å². The Labute approximate surface area is 148 Å². The molecule has 4 nitrogen and oxygen atoms in total. The molecule has 0 aliphatic rings. The Morgan fingerprint density at radius 1 is 1.08 bits per heavy atom. The highest BCUT2D eigenvalue weighted by Gasteiger charge is 2.12. The maximum atomic E-state index is 12.4. The molecule has 1 unspecified atom stereocenters. The lowest BCUT2D eigenvalue weighted by Crippen LogP contribution is -2.26. The minimum Gasteiger partial charge on any atom is -0.345 e. The quantitative estimate of drug-likeness (QED) is 0.762. The molecule has 4 heteroatoms. The normalized spacial score (nSPS) is 11.8. The van der Waals surface area contributed by atoms with Crippen molar-refractivity contribution in [3.8, 4) is 11.3 Å². The molecule has 0 saturated heterocycles. The Morgan fingerprint density at radius 3 is 2.48 bits per heavy atom. The summed E-state index contributed by atoms with van der Waals surface area (Å²) >= 11 is 0. The van der Waals surface area contributed by atoms with Crippen LogP contribution in [0.1, 0.15) is 41.4 Å². The predicted octanol–water partition coefficient (Wildman–Crippen LogP) is 4.20. The molecule has 0 bridgehead atoms. The van der Waals surface area contributed by atoms with Gasteiger partial charge in [-0.25, -0.2) is 0 Å². The fraction of sp³-hybridized carbons (Fsp3) is 0.190. The number of pyridine rings is 2. The van der Waals surface area contributed by atoms with E-state index in [-0.39, 0.29) is 11.9 Å². The molecule has 0 radical (unpaired) electrons. The van der Waals surface area contributed by atoms with E-state index >= 15 is 0 Å². The van der Waals surface area contributed by atoms with Crippen molar-refractivity contribution in [1.29, 1.82) is 0 Å². The first-order valence-corrected chi connectivity index (χ1v) is 8.43. The Bertz CT molecular complexity index is 827. The molecule has 0 aliphatic carbocycles. The van der Waals surface area contributed by atoms with Crippen molar-refractivity contribution in [2.24, 2.45) is 0 Å². The fourth-order valence-electron chi connectivity index (χ4n) is 2.62. The minimum atomic E-state index is -0.127. The van der Waals surface area contributed by atoms with Crippen LogP contribution in [0.15, 0.2) is 67.1 Å². The van der Waals surface area contributed by atoms with E-state index in [2.05, 4.69) is 46.5 Å². The van der Waals surface area contributed by atoms with Gasteiger partial charge >= 0.3 is 0 Å². The molecule has 2 aromatic heterocycles. The summed E-state index contributed by atoms with van der Waals surface area (Å²) in [7, 11) is 0. The number of aromatic nitrogens is 2. The molecule has 0 spiro atoms. The molecule has 25 heavy (non-hydrogen) atoms.